The van der Waals surface area contributed by atoms with Crippen molar-refractivity contribution < 1.29 is 9.53 Å². The number of ether oxygens (including phenoxy) is 1. The molecule has 2 aliphatic rings. The molecule has 1 atom stereocenters. The van der Waals surface area contributed by atoms with Gasteiger partial charge in [0.1, 0.15) is 17.7 Å². The van der Waals surface area contributed by atoms with Crippen molar-refractivity contribution in [1.82, 2.24) is 14.8 Å². The molecule has 6 nitrogen and oxygen atoms in total. The van der Waals surface area contributed by atoms with E-state index in [1.165, 1.54) is 0 Å². The van der Waals surface area contributed by atoms with E-state index >= 15 is 0 Å². The van der Waals surface area contributed by atoms with Crippen LogP contribution in [0.15, 0.2) is 6.07 Å². The molecular formula is C22H32N4O2. The molecular weight excluding hydrogens is 352 g/mol. The largest absolute Gasteiger partial charge is 0.473 e. The molecule has 0 spiro atoms. The maximum absolute atomic E-state index is 12.4. The summed E-state index contributed by atoms with van der Waals surface area (Å²) in [6.45, 7) is 11.2. The molecule has 1 saturated heterocycles. The lowest BCUT2D eigenvalue weighted by molar-refractivity contribution is -0.133. The lowest BCUT2D eigenvalue weighted by atomic mass is 9.96. The van der Waals surface area contributed by atoms with Crippen molar-refractivity contribution in [3.63, 3.8) is 0 Å². The van der Waals surface area contributed by atoms with Crippen LogP contribution in [0.1, 0.15) is 76.2 Å². The van der Waals surface area contributed by atoms with E-state index in [1.54, 1.807) is 0 Å². The highest BCUT2D eigenvalue weighted by atomic mass is 16.5. The second kappa shape index (κ2) is 8.91. The highest BCUT2D eigenvalue weighted by Gasteiger charge is 2.30. The smallest absolute Gasteiger partial charge is 0.232 e. The zero-order valence-corrected chi connectivity index (χ0v) is 17.6. The van der Waals surface area contributed by atoms with Crippen molar-refractivity contribution in [2.45, 2.75) is 78.0 Å². The van der Waals surface area contributed by atoms with Crippen LogP contribution in [-0.2, 0) is 11.2 Å². The molecule has 0 aliphatic carbocycles. The van der Waals surface area contributed by atoms with E-state index in [2.05, 4.69) is 24.8 Å². The first-order chi connectivity index (χ1) is 13.4. The molecule has 1 aromatic heterocycles. The number of piperidine rings is 1. The number of rotatable bonds is 5. The molecule has 6 heteroatoms. The maximum Gasteiger partial charge on any atom is 0.232 e. The minimum absolute atomic E-state index is 0.0502. The average molecular weight is 385 g/mol. The first-order valence-electron chi connectivity index (χ1n) is 10.6. The van der Waals surface area contributed by atoms with Crippen molar-refractivity contribution in [2.24, 2.45) is 0 Å². The van der Waals surface area contributed by atoms with E-state index in [0.29, 0.717) is 36.9 Å². The normalized spacial score (nSPS) is 20.7. The molecule has 28 heavy (non-hydrogen) atoms. The van der Waals surface area contributed by atoms with E-state index in [4.69, 9.17) is 9.72 Å². The molecule has 3 heterocycles. The van der Waals surface area contributed by atoms with Gasteiger partial charge in [-0.05, 0) is 51.7 Å². The molecule has 0 saturated carbocycles. The summed E-state index contributed by atoms with van der Waals surface area (Å²) >= 11 is 0. The van der Waals surface area contributed by atoms with Gasteiger partial charge in [0.15, 0.2) is 0 Å². The summed E-state index contributed by atoms with van der Waals surface area (Å²) in [7, 11) is 0. The highest BCUT2D eigenvalue weighted by molar-refractivity contribution is 5.77. The second-order valence-corrected chi connectivity index (χ2v) is 8.20. The summed E-state index contributed by atoms with van der Waals surface area (Å²) < 4.78 is 6.18. The fourth-order valence-corrected chi connectivity index (χ4v) is 4.23. The summed E-state index contributed by atoms with van der Waals surface area (Å²) in [5.41, 5.74) is 2.41. The maximum atomic E-state index is 12.4. The summed E-state index contributed by atoms with van der Waals surface area (Å²) in [5, 5.41) is 9.65. The number of hydrogen-bond acceptors (Lipinski definition) is 5. The van der Waals surface area contributed by atoms with Gasteiger partial charge in [0.25, 0.3) is 0 Å². The summed E-state index contributed by atoms with van der Waals surface area (Å²) in [4.78, 5) is 21.5. The Balaban J connectivity index is 1.76. The number of carbonyl (C=O) groups excluding carboxylic acids is 1. The van der Waals surface area contributed by atoms with Crippen molar-refractivity contribution in [2.75, 3.05) is 19.6 Å². The van der Waals surface area contributed by atoms with E-state index in [9.17, 15) is 10.1 Å². The lowest BCUT2D eigenvalue weighted by Gasteiger charge is -2.36. The van der Waals surface area contributed by atoms with Crippen molar-refractivity contribution in [3.8, 4) is 11.9 Å². The Bertz CT molecular complexity index is 748. The van der Waals surface area contributed by atoms with Gasteiger partial charge in [-0.3, -0.25) is 4.79 Å². The number of fused-ring (bicyclic) bond motifs is 1. The highest BCUT2D eigenvalue weighted by Crippen LogP contribution is 2.33. The minimum atomic E-state index is -0.0502. The fourth-order valence-electron chi connectivity index (χ4n) is 4.23. The van der Waals surface area contributed by atoms with Crippen LogP contribution >= 0.6 is 0 Å². The van der Waals surface area contributed by atoms with Crippen LogP contribution in [0.2, 0.25) is 0 Å². The minimum Gasteiger partial charge on any atom is -0.473 e. The predicted molar refractivity (Wildman–Crippen MR) is 108 cm³/mol. The summed E-state index contributed by atoms with van der Waals surface area (Å²) in [6.07, 6.45) is 4.14. The van der Waals surface area contributed by atoms with Crippen LogP contribution in [0.4, 0.5) is 0 Å². The van der Waals surface area contributed by atoms with Crippen LogP contribution in [0.3, 0.4) is 0 Å². The van der Waals surface area contributed by atoms with Crippen molar-refractivity contribution >= 4 is 5.91 Å². The topological polar surface area (TPSA) is 69.5 Å². The molecule has 0 N–H and O–H groups in total. The third-order valence-electron chi connectivity index (χ3n) is 6.00. The van der Waals surface area contributed by atoms with Gasteiger partial charge in [0.05, 0.1) is 11.7 Å². The Labute approximate surface area is 168 Å². The Morgan fingerprint density at radius 3 is 2.68 bits per heavy atom. The zero-order valence-electron chi connectivity index (χ0n) is 17.6. The molecule has 1 fully saturated rings. The number of aromatic nitrogens is 1. The van der Waals surface area contributed by atoms with E-state index in [1.807, 2.05) is 24.8 Å². The molecule has 0 aromatic carbocycles. The van der Waals surface area contributed by atoms with Crippen LogP contribution in [0.5, 0.6) is 5.88 Å². The number of amides is 1. The van der Waals surface area contributed by atoms with Gasteiger partial charge in [-0.15, -0.1) is 0 Å². The van der Waals surface area contributed by atoms with Gasteiger partial charge in [0.2, 0.25) is 11.8 Å². The number of carbonyl (C=O) groups is 1. The number of nitrogens with zero attached hydrogens (tertiary/aromatic N) is 4. The van der Waals surface area contributed by atoms with Crippen LogP contribution in [-0.4, -0.2) is 52.5 Å². The van der Waals surface area contributed by atoms with Crippen LogP contribution < -0.4 is 4.74 Å². The molecule has 1 unspecified atom stereocenters. The quantitative estimate of drug-likeness (QED) is 0.778. The van der Waals surface area contributed by atoms with Gasteiger partial charge in [-0.2, -0.15) is 5.26 Å². The first kappa shape index (κ1) is 20.6. The molecule has 0 bridgehead atoms. The Morgan fingerprint density at radius 2 is 2.07 bits per heavy atom. The molecule has 0 radical (unpaired) electrons. The Kier molecular flexibility index (Phi) is 6.56. The van der Waals surface area contributed by atoms with Gasteiger partial charge in [-0.1, -0.05) is 6.92 Å². The van der Waals surface area contributed by atoms with Gasteiger partial charge >= 0.3 is 0 Å². The van der Waals surface area contributed by atoms with Gasteiger partial charge in [-0.25, -0.2) is 4.98 Å². The third-order valence-corrected chi connectivity index (χ3v) is 6.00. The Morgan fingerprint density at radius 1 is 1.36 bits per heavy atom. The molecule has 1 aromatic rings. The lowest BCUT2D eigenvalue weighted by Crippen LogP contribution is -2.42. The molecule has 152 valence electrons. The van der Waals surface area contributed by atoms with Crippen LogP contribution in [0.25, 0.3) is 0 Å². The molecule has 3 rings (SSSR count). The van der Waals surface area contributed by atoms with Gasteiger partial charge < -0.3 is 14.5 Å². The first-order valence-corrected chi connectivity index (χ1v) is 10.6. The number of hydrogen-bond donors (Lipinski definition) is 0. The van der Waals surface area contributed by atoms with Gasteiger partial charge in [0, 0.05) is 38.5 Å². The average Bonchev–Trinajstić information content (AvgIpc) is 2.68. The second-order valence-electron chi connectivity index (χ2n) is 8.20. The number of nitriles is 1. The third kappa shape index (κ3) is 4.30. The molecule has 1 amide bonds. The van der Waals surface area contributed by atoms with Crippen molar-refractivity contribution in [3.05, 3.63) is 22.9 Å². The van der Waals surface area contributed by atoms with E-state index < -0.39 is 0 Å². The number of likely N-dealkylation sites (tertiary alicyclic amines) is 1. The van der Waals surface area contributed by atoms with E-state index in [0.717, 1.165) is 43.6 Å². The monoisotopic (exact) mass is 384 g/mol. The van der Waals surface area contributed by atoms with E-state index in [-0.39, 0.29) is 18.1 Å². The fraction of sp³-hybridized carbons (Fsp3) is 0.682. The van der Waals surface area contributed by atoms with Crippen molar-refractivity contribution in [1.29, 1.82) is 5.26 Å². The van der Waals surface area contributed by atoms with Crippen LogP contribution in [0, 0.1) is 11.3 Å². The predicted octanol–water partition coefficient (Wildman–Crippen LogP) is 3.45. The summed E-state index contributed by atoms with van der Waals surface area (Å²) in [6, 6.07) is 4.64. The SMILES string of the molecule is CCCC(=O)N1CCc2nc(OC3CCN(C(C)C)CC3)c(C#N)cc2C1C. The Hall–Kier alpha value is -2.13. The summed E-state index contributed by atoms with van der Waals surface area (Å²) in [5.74, 6) is 0.640. The molecule has 2 aliphatic heterocycles. The number of pyridine rings is 1. The standard InChI is InChI=1S/C22H32N4O2/c1-5-6-21(27)26-12-9-20-19(16(26)4)13-17(14-23)22(24-20)28-18-7-10-25(11-8-18)15(2)3/h13,15-16,18H,5-12H2,1-4H3. The zero-order chi connectivity index (χ0) is 20.3.